The monoisotopic (exact) mass is 221 g/mol. The van der Waals surface area contributed by atoms with E-state index in [2.05, 4.69) is 10.1 Å². The number of likely N-dealkylation sites (N-methyl/N-ethyl adjacent to an activating group) is 1. The van der Waals surface area contributed by atoms with Crippen LogP contribution in [0.1, 0.15) is 13.8 Å². The largest absolute Gasteiger partial charge is 0.468 e. The van der Waals surface area contributed by atoms with Gasteiger partial charge in [-0.1, -0.05) is 13.8 Å². The van der Waals surface area contributed by atoms with Crippen LogP contribution in [0.4, 0.5) is 0 Å². The van der Waals surface area contributed by atoms with Crippen LogP contribution in [0.25, 0.3) is 0 Å². The van der Waals surface area contributed by atoms with E-state index in [9.17, 15) is 4.79 Å². The van der Waals surface area contributed by atoms with Crippen molar-refractivity contribution in [2.75, 3.05) is 26.0 Å². The lowest BCUT2D eigenvalue weighted by Crippen LogP contribution is -2.40. The maximum Gasteiger partial charge on any atom is 0.323 e. The summed E-state index contributed by atoms with van der Waals surface area (Å²) in [6, 6.07) is -0.274. The summed E-state index contributed by atoms with van der Waals surface area (Å²) in [5.41, 5.74) is 0. The third kappa shape index (κ3) is 5.47. The zero-order valence-corrected chi connectivity index (χ0v) is 9.76. The number of aliphatic hydroxyl groups is 1. The molecule has 0 aromatic carbocycles. The highest BCUT2D eigenvalue weighted by atomic mass is 32.2. The quantitative estimate of drug-likeness (QED) is 0.604. The highest BCUT2D eigenvalue weighted by Gasteiger charge is 2.18. The van der Waals surface area contributed by atoms with E-state index in [1.807, 2.05) is 13.8 Å². The van der Waals surface area contributed by atoms with Crippen LogP contribution in [0.5, 0.6) is 0 Å². The molecule has 0 aliphatic rings. The van der Waals surface area contributed by atoms with Crippen molar-refractivity contribution in [3.8, 4) is 0 Å². The standard InChI is InChI=1S/C9H19NO3S/c1-4-10-8(9(12)13-3)6-14-7(2)5-11/h7-8,10-11H,4-6H2,1-3H3. The second-order valence-electron chi connectivity index (χ2n) is 2.96. The van der Waals surface area contributed by atoms with Crippen LogP contribution >= 0.6 is 11.8 Å². The van der Waals surface area contributed by atoms with E-state index < -0.39 is 0 Å². The van der Waals surface area contributed by atoms with Crippen LogP contribution in [0, 0.1) is 0 Å². The van der Waals surface area contributed by atoms with Gasteiger partial charge in [-0.25, -0.2) is 0 Å². The average Bonchev–Trinajstić information content (AvgIpc) is 2.22. The van der Waals surface area contributed by atoms with Crippen molar-refractivity contribution in [1.82, 2.24) is 5.32 Å². The molecule has 0 aromatic rings. The molecule has 2 atom stereocenters. The maximum atomic E-state index is 11.2. The minimum Gasteiger partial charge on any atom is -0.468 e. The van der Waals surface area contributed by atoms with E-state index in [0.717, 1.165) is 6.54 Å². The second kappa shape index (κ2) is 8.08. The Balaban J connectivity index is 3.90. The second-order valence-corrected chi connectivity index (χ2v) is 4.43. The number of esters is 1. The van der Waals surface area contributed by atoms with Crippen molar-refractivity contribution < 1.29 is 14.6 Å². The molecule has 4 nitrogen and oxygen atoms in total. The molecule has 0 fully saturated rings. The normalized spacial score (nSPS) is 14.9. The van der Waals surface area contributed by atoms with Crippen molar-refractivity contribution in [2.24, 2.45) is 0 Å². The lowest BCUT2D eigenvalue weighted by atomic mass is 10.3. The van der Waals surface area contributed by atoms with Crippen molar-refractivity contribution >= 4 is 17.7 Å². The molecule has 0 aromatic heterocycles. The Hall–Kier alpha value is -0.260. The molecular weight excluding hydrogens is 202 g/mol. The fourth-order valence-corrected chi connectivity index (χ4v) is 1.79. The predicted octanol–water partition coefficient (Wildman–Crippen LogP) is 0.251. The summed E-state index contributed by atoms with van der Waals surface area (Å²) in [7, 11) is 1.38. The number of hydrogen-bond acceptors (Lipinski definition) is 5. The smallest absolute Gasteiger partial charge is 0.323 e. The molecule has 0 aliphatic carbocycles. The summed E-state index contributed by atoms with van der Waals surface area (Å²) < 4.78 is 4.65. The van der Waals surface area contributed by atoms with E-state index in [4.69, 9.17) is 5.11 Å². The number of carbonyl (C=O) groups is 1. The number of methoxy groups -OCH3 is 1. The van der Waals surface area contributed by atoms with Crippen LogP contribution < -0.4 is 5.32 Å². The van der Waals surface area contributed by atoms with Gasteiger partial charge in [0.15, 0.2) is 0 Å². The minimum atomic E-state index is -0.274. The molecule has 2 N–H and O–H groups in total. The van der Waals surface area contributed by atoms with Gasteiger partial charge < -0.3 is 15.2 Å². The van der Waals surface area contributed by atoms with Gasteiger partial charge in [-0.3, -0.25) is 4.79 Å². The van der Waals surface area contributed by atoms with Crippen molar-refractivity contribution in [1.29, 1.82) is 0 Å². The van der Waals surface area contributed by atoms with Gasteiger partial charge in [0.05, 0.1) is 13.7 Å². The van der Waals surface area contributed by atoms with Crippen molar-refractivity contribution in [3.63, 3.8) is 0 Å². The molecule has 0 heterocycles. The number of carbonyl (C=O) groups excluding carboxylic acids is 1. The van der Waals surface area contributed by atoms with Crippen molar-refractivity contribution in [2.45, 2.75) is 25.1 Å². The lowest BCUT2D eigenvalue weighted by Gasteiger charge is -2.16. The van der Waals surface area contributed by atoms with E-state index in [1.165, 1.54) is 7.11 Å². The van der Waals surface area contributed by atoms with Crippen LogP contribution in [0.2, 0.25) is 0 Å². The number of hydrogen-bond donors (Lipinski definition) is 2. The highest BCUT2D eigenvalue weighted by Crippen LogP contribution is 2.11. The van der Waals surface area contributed by atoms with Gasteiger partial charge >= 0.3 is 5.97 Å². The van der Waals surface area contributed by atoms with E-state index in [1.54, 1.807) is 11.8 Å². The Bertz CT molecular complexity index is 166. The highest BCUT2D eigenvalue weighted by molar-refractivity contribution is 7.99. The first-order valence-electron chi connectivity index (χ1n) is 4.69. The molecular formula is C9H19NO3S. The summed E-state index contributed by atoms with van der Waals surface area (Å²) in [6.45, 7) is 4.72. The van der Waals surface area contributed by atoms with Gasteiger partial charge in [-0.2, -0.15) is 11.8 Å². The van der Waals surface area contributed by atoms with Crippen LogP contribution in [-0.4, -0.2) is 48.4 Å². The van der Waals surface area contributed by atoms with Gasteiger partial charge in [0.2, 0.25) is 0 Å². The average molecular weight is 221 g/mol. The van der Waals surface area contributed by atoms with Crippen LogP contribution in [0.15, 0.2) is 0 Å². The Labute approximate surface area is 89.4 Å². The molecule has 2 unspecified atom stereocenters. The third-order valence-electron chi connectivity index (χ3n) is 1.74. The third-order valence-corrected chi connectivity index (χ3v) is 2.98. The number of thioether (sulfide) groups is 1. The van der Waals surface area contributed by atoms with Gasteiger partial charge in [0.1, 0.15) is 6.04 Å². The first kappa shape index (κ1) is 13.7. The molecule has 5 heteroatoms. The minimum absolute atomic E-state index is 0.130. The molecule has 0 radical (unpaired) electrons. The van der Waals surface area contributed by atoms with Gasteiger partial charge in [0, 0.05) is 11.0 Å². The Kier molecular flexibility index (Phi) is 7.93. The molecule has 0 saturated heterocycles. The summed E-state index contributed by atoms with van der Waals surface area (Å²) >= 11 is 1.55. The number of rotatable bonds is 7. The topological polar surface area (TPSA) is 58.6 Å². The fraction of sp³-hybridized carbons (Fsp3) is 0.889. The lowest BCUT2D eigenvalue weighted by molar-refractivity contribution is -0.142. The van der Waals surface area contributed by atoms with Crippen LogP contribution in [-0.2, 0) is 9.53 Å². The Morgan fingerprint density at radius 2 is 2.29 bits per heavy atom. The molecule has 0 spiro atoms. The van der Waals surface area contributed by atoms with Crippen LogP contribution in [0.3, 0.4) is 0 Å². The van der Waals surface area contributed by atoms with E-state index >= 15 is 0 Å². The number of ether oxygens (including phenoxy) is 1. The zero-order valence-electron chi connectivity index (χ0n) is 8.95. The zero-order chi connectivity index (χ0) is 11.0. The first-order chi connectivity index (χ1) is 6.65. The molecule has 0 saturated carbocycles. The van der Waals surface area contributed by atoms with E-state index in [0.29, 0.717) is 5.75 Å². The number of aliphatic hydroxyl groups excluding tert-OH is 1. The van der Waals surface area contributed by atoms with Gasteiger partial charge in [-0.05, 0) is 6.54 Å². The summed E-state index contributed by atoms with van der Waals surface area (Å²) in [5, 5.41) is 12.0. The Morgan fingerprint density at radius 1 is 1.64 bits per heavy atom. The molecule has 84 valence electrons. The Morgan fingerprint density at radius 3 is 2.71 bits per heavy atom. The number of nitrogens with one attached hydrogen (secondary N) is 1. The van der Waals surface area contributed by atoms with Gasteiger partial charge in [0.25, 0.3) is 0 Å². The summed E-state index contributed by atoms with van der Waals surface area (Å²) in [6.07, 6.45) is 0. The molecule has 0 bridgehead atoms. The molecule has 0 amide bonds. The molecule has 14 heavy (non-hydrogen) atoms. The van der Waals surface area contributed by atoms with Gasteiger partial charge in [-0.15, -0.1) is 0 Å². The SMILES string of the molecule is CCNC(CSC(C)CO)C(=O)OC. The molecule has 0 aliphatic heterocycles. The maximum absolute atomic E-state index is 11.2. The first-order valence-corrected chi connectivity index (χ1v) is 5.74. The van der Waals surface area contributed by atoms with E-state index in [-0.39, 0.29) is 23.9 Å². The fourth-order valence-electron chi connectivity index (χ4n) is 0.912. The summed E-state index contributed by atoms with van der Waals surface area (Å²) in [4.78, 5) is 11.2. The predicted molar refractivity (Wildman–Crippen MR) is 58.5 cm³/mol. The summed E-state index contributed by atoms with van der Waals surface area (Å²) in [5.74, 6) is 0.381. The van der Waals surface area contributed by atoms with Crippen molar-refractivity contribution in [3.05, 3.63) is 0 Å². The molecule has 0 rings (SSSR count).